The van der Waals surface area contributed by atoms with Crippen molar-refractivity contribution in [1.29, 1.82) is 0 Å². The van der Waals surface area contributed by atoms with E-state index < -0.39 is 6.36 Å². The van der Waals surface area contributed by atoms with Gasteiger partial charge >= 0.3 is 6.36 Å². The van der Waals surface area contributed by atoms with Gasteiger partial charge in [-0.3, -0.25) is 9.78 Å². The van der Waals surface area contributed by atoms with Gasteiger partial charge in [0.1, 0.15) is 5.75 Å². The van der Waals surface area contributed by atoms with Gasteiger partial charge in [0.2, 0.25) is 5.91 Å². The summed E-state index contributed by atoms with van der Waals surface area (Å²) >= 11 is 2.49. The Bertz CT molecular complexity index is 901. The van der Waals surface area contributed by atoms with E-state index in [1.54, 1.807) is 6.20 Å². The van der Waals surface area contributed by atoms with E-state index in [1.807, 2.05) is 18.2 Å². The lowest BCUT2D eigenvalue weighted by Crippen LogP contribution is -2.16. The van der Waals surface area contributed by atoms with Gasteiger partial charge in [0, 0.05) is 18.0 Å². The standard InChI is InChI=1S/C16H12F3N3O2S2/c17-16(18,19)24-11-4-5-12-13(7-11)26-15(21-12)22-14(23)9-25-8-10-3-1-2-6-20-10/h1-7H,8-9H2,(H,21,22,23). The van der Waals surface area contributed by atoms with Crippen molar-refractivity contribution >= 4 is 44.4 Å². The average Bonchev–Trinajstić information content (AvgIpc) is 2.95. The van der Waals surface area contributed by atoms with Crippen LogP contribution in [0.15, 0.2) is 42.6 Å². The highest BCUT2D eigenvalue weighted by Crippen LogP contribution is 2.31. The molecular weight excluding hydrogens is 387 g/mol. The molecule has 0 fully saturated rings. The number of pyridine rings is 1. The van der Waals surface area contributed by atoms with Crippen molar-refractivity contribution < 1.29 is 22.7 Å². The number of amides is 1. The number of anilines is 1. The van der Waals surface area contributed by atoms with Crippen molar-refractivity contribution in [2.75, 3.05) is 11.1 Å². The summed E-state index contributed by atoms with van der Waals surface area (Å²) in [5, 5.41) is 2.98. The quantitative estimate of drug-likeness (QED) is 0.663. The summed E-state index contributed by atoms with van der Waals surface area (Å²) in [4.78, 5) is 20.3. The Morgan fingerprint density at radius 2 is 2.12 bits per heavy atom. The van der Waals surface area contributed by atoms with Crippen molar-refractivity contribution in [2.24, 2.45) is 0 Å². The number of ether oxygens (including phenoxy) is 1. The molecule has 3 rings (SSSR count). The lowest BCUT2D eigenvalue weighted by atomic mass is 10.3. The number of nitrogens with zero attached hydrogens (tertiary/aromatic N) is 2. The molecule has 0 saturated carbocycles. The van der Waals surface area contributed by atoms with Gasteiger partial charge in [-0.2, -0.15) is 0 Å². The number of alkyl halides is 3. The van der Waals surface area contributed by atoms with Crippen molar-refractivity contribution in [3.05, 3.63) is 48.3 Å². The first-order valence-electron chi connectivity index (χ1n) is 7.33. The molecule has 0 bridgehead atoms. The number of fused-ring (bicyclic) bond motifs is 1. The molecule has 0 aliphatic rings. The van der Waals surface area contributed by atoms with Crippen LogP contribution >= 0.6 is 23.1 Å². The molecule has 3 aromatic rings. The number of rotatable bonds is 6. The van der Waals surface area contributed by atoms with Gasteiger partial charge in [-0.05, 0) is 24.3 Å². The summed E-state index contributed by atoms with van der Waals surface area (Å²) in [5.41, 5.74) is 1.36. The maximum atomic E-state index is 12.3. The second-order valence-corrected chi connectivity index (χ2v) is 7.07. The van der Waals surface area contributed by atoms with Gasteiger partial charge in [-0.15, -0.1) is 24.9 Å². The van der Waals surface area contributed by atoms with E-state index in [2.05, 4.69) is 20.0 Å². The van der Waals surface area contributed by atoms with Crippen molar-refractivity contribution in [3.8, 4) is 5.75 Å². The van der Waals surface area contributed by atoms with E-state index >= 15 is 0 Å². The number of thioether (sulfide) groups is 1. The Kier molecular flexibility index (Phi) is 5.62. The van der Waals surface area contributed by atoms with Gasteiger partial charge in [-0.1, -0.05) is 17.4 Å². The molecule has 0 saturated heterocycles. The fourth-order valence-electron chi connectivity index (χ4n) is 2.04. The second kappa shape index (κ2) is 7.92. The number of thiazole rings is 1. The summed E-state index contributed by atoms with van der Waals surface area (Å²) in [6.45, 7) is 0. The molecule has 1 N–H and O–H groups in total. The Balaban J connectivity index is 1.57. The first-order chi connectivity index (χ1) is 12.4. The van der Waals surface area contributed by atoms with E-state index in [0.717, 1.165) is 17.0 Å². The van der Waals surface area contributed by atoms with Crippen LogP contribution < -0.4 is 10.1 Å². The highest BCUT2D eigenvalue weighted by molar-refractivity contribution is 7.99. The van der Waals surface area contributed by atoms with Gasteiger partial charge < -0.3 is 10.1 Å². The SMILES string of the molecule is O=C(CSCc1ccccn1)Nc1nc2ccc(OC(F)(F)F)cc2s1. The fourth-order valence-corrected chi connectivity index (χ4v) is 3.69. The zero-order valence-electron chi connectivity index (χ0n) is 13.1. The third kappa shape index (κ3) is 5.33. The predicted octanol–water partition coefficient (Wildman–Crippen LogP) is 4.46. The molecule has 2 heterocycles. The molecule has 0 aliphatic heterocycles. The summed E-state index contributed by atoms with van der Waals surface area (Å²) in [7, 11) is 0. The maximum Gasteiger partial charge on any atom is 0.573 e. The van der Waals surface area contributed by atoms with E-state index in [-0.39, 0.29) is 17.4 Å². The highest BCUT2D eigenvalue weighted by atomic mass is 32.2. The molecule has 0 aliphatic carbocycles. The Morgan fingerprint density at radius 1 is 1.27 bits per heavy atom. The average molecular weight is 399 g/mol. The van der Waals surface area contributed by atoms with Crippen LogP contribution in [0, 0.1) is 0 Å². The maximum absolute atomic E-state index is 12.3. The third-order valence-corrected chi connectivity index (χ3v) is 4.95. The smallest absolute Gasteiger partial charge is 0.406 e. The van der Waals surface area contributed by atoms with E-state index in [0.29, 0.717) is 21.1 Å². The molecule has 26 heavy (non-hydrogen) atoms. The molecule has 2 aromatic heterocycles. The fraction of sp³-hybridized carbons (Fsp3) is 0.188. The molecule has 1 amide bonds. The first kappa shape index (κ1) is 18.5. The van der Waals surface area contributed by atoms with Crippen LogP contribution in [0.1, 0.15) is 5.69 Å². The van der Waals surface area contributed by atoms with Gasteiger partial charge in [0.15, 0.2) is 5.13 Å². The zero-order chi connectivity index (χ0) is 18.6. The van der Waals surface area contributed by atoms with Crippen molar-refractivity contribution in [1.82, 2.24) is 9.97 Å². The minimum atomic E-state index is -4.75. The van der Waals surface area contributed by atoms with Crippen LogP contribution in [0.5, 0.6) is 5.75 Å². The third-order valence-electron chi connectivity index (χ3n) is 3.05. The van der Waals surface area contributed by atoms with Gasteiger partial charge in [-0.25, -0.2) is 4.98 Å². The Hall–Kier alpha value is -2.33. The van der Waals surface area contributed by atoms with Crippen LogP contribution in [-0.2, 0) is 10.5 Å². The largest absolute Gasteiger partial charge is 0.573 e. The van der Waals surface area contributed by atoms with Gasteiger partial charge in [0.25, 0.3) is 0 Å². The first-order valence-corrected chi connectivity index (χ1v) is 9.30. The minimum Gasteiger partial charge on any atom is -0.406 e. The van der Waals surface area contributed by atoms with Crippen molar-refractivity contribution in [3.63, 3.8) is 0 Å². The Labute approximate surface area is 154 Å². The molecule has 0 atom stereocenters. The van der Waals surface area contributed by atoms with E-state index in [4.69, 9.17) is 0 Å². The summed E-state index contributed by atoms with van der Waals surface area (Å²) in [6, 6.07) is 9.41. The van der Waals surface area contributed by atoms with E-state index in [1.165, 1.54) is 30.0 Å². The zero-order valence-corrected chi connectivity index (χ0v) is 14.7. The molecule has 0 spiro atoms. The van der Waals surface area contributed by atoms with Gasteiger partial charge in [0.05, 0.1) is 21.7 Å². The molecule has 136 valence electrons. The minimum absolute atomic E-state index is 0.217. The van der Waals surface area contributed by atoms with Crippen LogP contribution in [-0.4, -0.2) is 28.0 Å². The van der Waals surface area contributed by atoms with Crippen LogP contribution in [0.4, 0.5) is 18.3 Å². The molecule has 0 unspecified atom stereocenters. The number of carbonyl (C=O) groups is 1. The molecule has 10 heteroatoms. The molecule has 5 nitrogen and oxygen atoms in total. The number of halogens is 3. The molecular formula is C16H12F3N3O2S2. The molecule has 0 radical (unpaired) electrons. The number of hydrogen-bond acceptors (Lipinski definition) is 6. The van der Waals surface area contributed by atoms with Crippen LogP contribution in [0.3, 0.4) is 0 Å². The molecule has 1 aromatic carbocycles. The number of carbonyl (C=O) groups excluding carboxylic acids is 1. The second-order valence-electron chi connectivity index (χ2n) is 5.06. The van der Waals surface area contributed by atoms with Crippen molar-refractivity contribution in [2.45, 2.75) is 12.1 Å². The normalized spacial score (nSPS) is 11.5. The topological polar surface area (TPSA) is 64.1 Å². The summed E-state index contributed by atoms with van der Waals surface area (Å²) in [6.07, 6.45) is -3.06. The monoisotopic (exact) mass is 399 g/mol. The van der Waals surface area contributed by atoms with Crippen LogP contribution in [0.2, 0.25) is 0 Å². The number of benzene rings is 1. The Morgan fingerprint density at radius 3 is 2.85 bits per heavy atom. The summed E-state index contributed by atoms with van der Waals surface area (Å²) in [5.74, 6) is 0.260. The van der Waals surface area contributed by atoms with Crippen LogP contribution in [0.25, 0.3) is 10.2 Å². The summed E-state index contributed by atoms with van der Waals surface area (Å²) < 4.78 is 41.2. The number of nitrogens with one attached hydrogen (secondary N) is 1. The lowest BCUT2D eigenvalue weighted by molar-refractivity contribution is -0.274. The highest BCUT2D eigenvalue weighted by Gasteiger charge is 2.31. The lowest BCUT2D eigenvalue weighted by Gasteiger charge is -2.07. The predicted molar refractivity (Wildman–Crippen MR) is 95.3 cm³/mol. The van der Waals surface area contributed by atoms with E-state index in [9.17, 15) is 18.0 Å². The number of hydrogen-bond donors (Lipinski definition) is 1. The number of aromatic nitrogens is 2.